The third-order valence-electron chi connectivity index (χ3n) is 5.75. The lowest BCUT2D eigenvalue weighted by molar-refractivity contribution is 0.0763. The van der Waals surface area contributed by atoms with Crippen LogP contribution in [0.15, 0.2) is 47.6 Å². The van der Waals surface area contributed by atoms with Crippen LogP contribution in [0.4, 0.5) is 10.1 Å². The molecule has 0 spiro atoms. The summed E-state index contributed by atoms with van der Waals surface area (Å²) >= 11 is 6.50. The van der Waals surface area contributed by atoms with Gasteiger partial charge in [0.25, 0.3) is 5.91 Å². The van der Waals surface area contributed by atoms with Gasteiger partial charge in [0.15, 0.2) is 0 Å². The van der Waals surface area contributed by atoms with Crippen molar-refractivity contribution in [2.24, 2.45) is 4.99 Å². The lowest BCUT2D eigenvalue weighted by Crippen LogP contribution is -2.24. The van der Waals surface area contributed by atoms with Crippen LogP contribution in [0, 0.1) is 5.82 Å². The maximum Gasteiger partial charge on any atom is 0.256 e. The fraction of sp³-hybridized carbons (Fsp3) is 0.240. The van der Waals surface area contributed by atoms with E-state index >= 15 is 4.39 Å². The Morgan fingerprint density at radius 2 is 2.06 bits per heavy atom. The van der Waals surface area contributed by atoms with Crippen LogP contribution in [0.25, 0.3) is 11.1 Å². The first-order valence-corrected chi connectivity index (χ1v) is 10.8. The van der Waals surface area contributed by atoms with Gasteiger partial charge in [-0.2, -0.15) is 0 Å². The van der Waals surface area contributed by atoms with Crippen molar-refractivity contribution in [3.05, 3.63) is 81.4 Å². The number of benzene rings is 2. The standard InChI is InChI=1S/C25H24ClFN4O2/c1-25(2,33)19-7-6-15(17(11-29-3)23(19)28)14-9-20(26)18(21(27)10-14)12-31-13-22-16(24(31)32)5-4-8-30-22/h4-11,33H,12-13,28H2,1-3H3. The summed E-state index contributed by atoms with van der Waals surface area (Å²) < 4.78 is 15.2. The van der Waals surface area contributed by atoms with E-state index in [0.29, 0.717) is 45.7 Å². The molecular weight excluding hydrogens is 443 g/mol. The molecule has 0 saturated heterocycles. The molecule has 0 atom stereocenters. The summed E-state index contributed by atoms with van der Waals surface area (Å²) in [6.45, 7) is 3.62. The average molecular weight is 467 g/mol. The molecule has 0 radical (unpaired) electrons. The first-order chi connectivity index (χ1) is 15.6. The number of nitrogens with two attached hydrogens (primary N) is 1. The van der Waals surface area contributed by atoms with Gasteiger partial charge < -0.3 is 15.7 Å². The van der Waals surface area contributed by atoms with Crippen molar-refractivity contribution in [2.75, 3.05) is 12.8 Å². The molecule has 1 aromatic heterocycles. The summed E-state index contributed by atoms with van der Waals surface area (Å²) in [7, 11) is 1.61. The third-order valence-corrected chi connectivity index (χ3v) is 6.09. The molecule has 0 fully saturated rings. The van der Waals surface area contributed by atoms with Crippen molar-refractivity contribution in [1.82, 2.24) is 9.88 Å². The number of amides is 1. The Morgan fingerprint density at radius 1 is 1.30 bits per heavy atom. The molecule has 0 bridgehead atoms. The van der Waals surface area contributed by atoms with Gasteiger partial charge in [0, 0.05) is 46.9 Å². The molecule has 0 saturated carbocycles. The van der Waals surface area contributed by atoms with E-state index in [1.807, 2.05) is 0 Å². The first kappa shape index (κ1) is 22.9. The molecule has 170 valence electrons. The SMILES string of the molecule is CN=Cc1c(-c2cc(F)c(CN3Cc4ncccc4C3=O)c(Cl)c2)ccc(C(C)(C)O)c1N. The fourth-order valence-corrected chi connectivity index (χ4v) is 4.37. The number of halogens is 2. The summed E-state index contributed by atoms with van der Waals surface area (Å²) in [5, 5.41) is 10.6. The number of fused-ring (bicyclic) bond motifs is 1. The topological polar surface area (TPSA) is 91.8 Å². The highest BCUT2D eigenvalue weighted by atomic mass is 35.5. The minimum absolute atomic E-state index is 0.0309. The second kappa shape index (κ2) is 8.57. The maximum absolute atomic E-state index is 15.2. The second-order valence-corrected chi connectivity index (χ2v) is 8.92. The zero-order chi connectivity index (χ0) is 23.9. The van der Waals surface area contributed by atoms with Crippen molar-refractivity contribution in [2.45, 2.75) is 32.5 Å². The van der Waals surface area contributed by atoms with Crippen LogP contribution < -0.4 is 5.73 Å². The zero-order valence-electron chi connectivity index (χ0n) is 18.6. The summed E-state index contributed by atoms with van der Waals surface area (Å²) in [5.41, 5.74) is 9.23. The van der Waals surface area contributed by atoms with E-state index < -0.39 is 11.4 Å². The van der Waals surface area contributed by atoms with Gasteiger partial charge in [0.1, 0.15) is 5.82 Å². The minimum atomic E-state index is -1.15. The molecule has 3 aromatic rings. The molecule has 3 N–H and O–H groups in total. The van der Waals surface area contributed by atoms with E-state index in [4.69, 9.17) is 17.3 Å². The highest BCUT2D eigenvalue weighted by molar-refractivity contribution is 6.31. The number of carbonyl (C=O) groups is 1. The summed E-state index contributed by atoms with van der Waals surface area (Å²) in [6, 6.07) is 9.91. The van der Waals surface area contributed by atoms with E-state index in [-0.39, 0.29) is 23.0 Å². The maximum atomic E-state index is 15.2. The number of pyridine rings is 1. The molecule has 1 aliphatic rings. The Hall–Kier alpha value is -3.29. The average Bonchev–Trinajstić information content (AvgIpc) is 3.07. The van der Waals surface area contributed by atoms with E-state index in [9.17, 15) is 9.90 Å². The van der Waals surface area contributed by atoms with Crippen molar-refractivity contribution >= 4 is 29.4 Å². The molecule has 2 aromatic carbocycles. The number of aliphatic hydroxyl groups is 1. The number of carbonyl (C=O) groups excluding carboxylic acids is 1. The number of rotatable bonds is 5. The predicted molar refractivity (Wildman–Crippen MR) is 128 cm³/mol. The van der Waals surface area contributed by atoms with Gasteiger partial charge >= 0.3 is 0 Å². The van der Waals surface area contributed by atoms with E-state index in [1.54, 1.807) is 63.6 Å². The number of aliphatic imine (C=N–C) groups is 1. The zero-order valence-corrected chi connectivity index (χ0v) is 19.3. The number of hydrogen-bond acceptors (Lipinski definition) is 5. The minimum Gasteiger partial charge on any atom is -0.398 e. The Morgan fingerprint density at radius 3 is 2.70 bits per heavy atom. The Balaban J connectivity index is 1.71. The van der Waals surface area contributed by atoms with Gasteiger partial charge in [-0.05, 0) is 49.2 Å². The largest absolute Gasteiger partial charge is 0.398 e. The van der Waals surface area contributed by atoms with Crippen LogP contribution in [-0.4, -0.2) is 34.2 Å². The molecule has 0 aliphatic carbocycles. The van der Waals surface area contributed by atoms with Crippen molar-refractivity contribution in [1.29, 1.82) is 0 Å². The monoisotopic (exact) mass is 466 g/mol. The van der Waals surface area contributed by atoms with Crippen molar-refractivity contribution in [3.8, 4) is 11.1 Å². The van der Waals surface area contributed by atoms with Gasteiger partial charge in [-0.3, -0.25) is 14.8 Å². The fourth-order valence-electron chi connectivity index (χ4n) is 4.10. The lowest BCUT2D eigenvalue weighted by atomic mass is 9.89. The predicted octanol–water partition coefficient (Wildman–Crippen LogP) is 4.56. The third kappa shape index (κ3) is 4.21. The summed E-state index contributed by atoms with van der Waals surface area (Å²) in [5.74, 6) is -0.729. The number of hydrogen-bond donors (Lipinski definition) is 2. The molecule has 0 unspecified atom stereocenters. The molecule has 33 heavy (non-hydrogen) atoms. The molecule has 6 nitrogen and oxygen atoms in total. The molecule has 8 heteroatoms. The van der Waals surface area contributed by atoms with Gasteiger partial charge in [0.05, 0.1) is 29.9 Å². The van der Waals surface area contributed by atoms with Crippen LogP contribution in [-0.2, 0) is 18.7 Å². The van der Waals surface area contributed by atoms with E-state index in [2.05, 4.69) is 9.98 Å². The summed E-state index contributed by atoms with van der Waals surface area (Å²) in [6.07, 6.45) is 3.21. The highest BCUT2D eigenvalue weighted by Crippen LogP contribution is 2.37. The van der Waals surface area contributed by atoms with Crippen LogP contribution in [0.5, 0.6) is 0 Å². The van der Waals surface area contributed by atoms with E-state index in [1.165, 1.54) is 11.0 Å². The lowest BCUT2D eigenvalue weighted by Gasteiger charge is -2.23. The molecule has 2 heterocycles. The number of aromatic nitrogens is 1. The quantitative estimate of drug-likeness (QED) is 0.426. The van der Waals surface area contributed by atoms with E-state index in [0.717, 1.165) is 0 Å². The smallest absolute Gasteiger partial charge is 0.256 e. The van der Waals surface area contributed by atoms with Gasteiger partial charge in [-0.25, -0.2) is 4.39 Å². The highest BCUT2D eigenvalue weighted by Gasteiger charge is 2.29. The Labute approximate surface area is 196 Å². The first-order valence-electron chi connectivity index (χ1n) is 10.4. The molecular formula is C25H24ClFN4O2. The van der Waals surface area contributed by atoms with Crippen LogP contribution in [0.3, 0.4) is 0 Å². The normalized spacial score (nSPS) is 13.8. The number of nitrogens with zero attached hydrogens (tertiary/aromatic N) is 3. The van der Waals surface area contributed by atoms with Crippen LogP contribution in [0.1, 0.15) is 46.6 Å². The second-order valence-electron chi connectivity index (χ2n) is 8.51. The Kier molecular flexibility index (Phi) is 5.95. The van der Waals surface area contributed by atoms with Crippen LogP contribution >= 0.6 is 11.6 Å². The molecule has 1 aliphatic heterocycles. The van der Waals surface area contributed by atoms with Gasteiger partial charge in [-0.1, -0.05) is 23.7 Å². The van der Waals surface area contributed by atoms with Gasteiger partial charge in [0.2, 0.25) is 0 Å². The molecule has 4 rings (SSSR count). The summed E-state index contributed by atoms with van der Waals surface area (Å²) in [4.78, 5) is 22.5. The van der Waals surface area contributed by atoms with Crippen molar-refractivity contribution < 1.29 is 14.3 Å². The van der Waals surface area contributed by atoms with Crippen LogP contribution in [0.2, 0.25) is 5.02 Å². The van der Waals surface area contributed by atoms with Gasteiger partial charge in [-0.15, -0.1) is 0 Å². The Bertz CT molecular complexity index is 1260. The molecule has 1 amide bonds. The number of nitrogen functional groups attached to an aromatic ring is 1. The number of anilines is 1. The van der Waals surface area contributed by atoms with Crippen molar-refractivity contribution in [3.63, 3.8) is 0 Å².